The van der Waals surface area contributed by atoms with Crippen LogP contribution in [0.5, 0.6) is 5.75 Å². The Balaban J connectivity index is 1.52. The Morgan fingerprint density at radius 1 is 1.39 bits per heavy atom. The lowest BCUT2D eigenvalue weighted by atomic mass is 10.1. The number of aryl methyl sites for hydroxylation is 1. The van der Waals surface area contributed by atoms with Gasteiger partial charge >= 0.3 is 0 Å². The number of hydrogen-bond donors (Lipinski definition) is 0. The van der Waals surface area contributed by atoms with E-state index in [2.05, 4.69) is 5.10 Å². The van der Waals surface area contributed by atoms with E-state index in [4.69, 9.17) is 4.74 Å². The second-order valence-corrected chi connectivity index (χ2v) is 7.06. The summed E-state index contributed by atoms with van der Waals surface area (Å²) >= 11 is 1.70. The van der Waals surface area contributed by atoms with Crippen LogP contribution in [0.25, 0.3) is 0 Å². The summed E-state index contributed by atoms with van der Waals surface area (Å²) in [6, 6.07) is 8.04. The molecule has 6 heteroatoms. The third kappa shape index (κ3) is 2.72. The van der Waals surface area contributed by atoms with Crippen molar-refractivity contribution in [2.24, 2.45) is 7.05 Å². The maximum Gasteiger partial charge on any atom is 0.265 e. The topological polar surface area (TPSA) is 47.4 Å². The van der Waals surface area contributed by atoms with Gasteiger partial charge < -0.3 is 9.64 Å². The Bertz CT molecular complexity index is 730. The number of thioether (sulfide) groups is 1. The molecule has 2 aromatic rings. The van der Waals surface area contributed by atoms with E-state index in [1.54, 1.807) is 16.4 Å². The van der Waals surface area contributed by atoms with Crippen LogP contribution in [0.15, 0.2) is 41.6 Å². The first-order valence-corrected chi connectivity index (χ1v) is 8.88. The zero-order chi connectivity index (χ0) is 15.8. The van der Waals surface area contributed by atoms with E-state index in [1.807, 2.05) is 48.6 Å². The average molecular weight is 329 g/mol. The van der Waals surface area contributed by atoms with Gasteiger partial charge in [0.2, 0.25) is 0 Å². The molecular formula is C17H19N3O2S. The molecule has 0 radical (unpaired) electrons. The van der Waals surface area contributed by atoms with Gasteiger partial charge in [-0.3, -0.25) is 9.48 Å². The molecule has 2 atom stereocenters. The number of carbonyl (C=O) groups is 1. The maximum atomic E-state index is 13.0. The SMILES string of the molecule is Cn1cc([C@H]2CCCN2C(=O)[C@@H]2CSc3ccccc3O2)cn1. The third-order valence-electron chi connectivity index (χ3n) is 4.43. The van der Waals surface area contributed by atoms with E-state index in [0.717, 1.165) is 35.6 Å². The molecule has 0 spiro atoms. The normalized spacial score (nSPS) is 23.4. The van der Waals surface area contributed by atoms with Crippen LogP contribution >= 0.6 is 11.8 Å². The van der Waals surface area contributed by atoms with Crippen molar-refractivity contribution in [1.82, 2.24) is 14.7 Å². The minimum absolute atomic E-state index is 0.0957. The first kappa shape index (κ1) is 14.6. The molecule has 23 heavy (non-hydrogen) atoms. The Labute approximate surface area is 139 Å². The van der Waals surface area contributed by atoms with Crippen LogP contribution in [-0.4, -0.2) is 39.0 Å². The van der Waals surface area contributed by atoms with Crippen molar-refractivity contribution in [3.63, 3.8) is 0 Å². The highest BCUT2D eigenvalue weighted by Crippen LogP contribution is 2.37. The van der Waals surface area contributed by atoms with Crippen molar-refractivity contribution in [3.8, 4) is 5.75 Å². The number of amides is 1. The second-order valence-electron chi connectivity index (χ2n) is 6.00. The second kappa shape index (κ2) is 5.92. The fourth-order valence-electron chi connectivity index (χ4n) is 3.32. The Morgan fingerprint density at radius 2 is 2.26 bits per heavy atom. The number of aromatic nitrogens is 2. The minimum atomic E-state index is -0.396. The smallest absolute Gasteiger partial charge is 0.265 e. The number of nitrogens with zero attached hydrogens (tertiary/aromatic N) is 3. The van der Waals surface area contributed by atoms with Gasteiger partial charge in [-0.15, -0.1) is 11.8 Å². The number of carbonyl (C=O) groups excluding carboxylic acids is 1. The summed E-state index contributed by atoms with van der Waals surface area (Å²) in [5, 5.41) is 4.24. The van der Waals surface area contributed by atoms with Gasteiger partial charge in [-0.2, -0.15) is 5.10 Å². The summed E-state index contributed by atoms with van der Waals surface area (Å²) < 4.78 is 7.75. The summed E-state index contributed by atoms with van der Waals surface area (Å²) in [6.45, 7) is 0.796. The zero-order valence-corrected chi connectivity index (χ0v) is 13.8. The number of fused-ring (bicyclic) bond motifs is 1. The molecular weight excluding hydrogens is 310 g/mol. The van der Waals surface area contributed by atoms with E-state index >= 15 is 0 Å². The van der Waals surface area contributed by atoms with Gasteiger partial charge in [0.1, 0.15) is 5.75 Å². The lowest BCUT2D eigenvalue weighted by molar-refractivity contribution is -0.138. The lowest BCUT2D eigenvalue weighted by Crippen LogP contribution is -2.43. The monoisotopic (exact) mass is 329 g/mol. The van der Waals surface area contributed by atoms with Crippen molar-refractivity contribution in [2.75, 3.05) is 12.3 Å². The first-order valence-electron chi connectivity index (χ1n) is 7.90. The molecule has 0 bridgehead atoms. The molecule has 0 aliphatic carbocycles. The van der Waals surface area contributed by atoms with E-state index in [9.17, 15) is 4.79 Å². The molecule has 4 rings (SSSR count). The number of para-hydroxylation sites is 1. The Morgan fingerprint density at radius 3 is 3.09 bits per heavy atom. The molecule has 2 aliphatic rings. The molecule has 1 aromatic heterocycles. The fourth-order valence-corrected chi connectivity index (χ4v) is 4.29. The predicted octanol–water partition coefficient (Wildman–Crippen LogP) is 2.64. The quantitative estimate of drug-likeness (QED) is 0.850. The highest BCUT2D eigenvalue weighted by molar-refractivity contribution is 7.99. The minimum Gasteiger partial charge on any atom is -0.479 e. The number of likely N-dealkylation sites (tertiary alicyclic amines) is 1. The zero-order valence-electron chi connectivity index (χ0n) is 13.0. The molecule has 0 N–H and O–H groups in total. The molecule has 3 heterocycles. The number of hydrogen-bond acceptors (Lipinski definition) is 4. The molecule has 1 saturated heterocycles. The molecule has 1 amide bonds. The van der Waals surface area contributed by atoms with E-state index in [1.165, 1.54) is 0 Å². The molecule has 1 aromatic carbocycles. The standard InChI is InChI=1S/C17H19N3O2S/c1-19-10-12(9-18-19)13-5-4-8-20(13)17(21)15-11-23-16-7-3-2-6-14(16)22-15/h2-3,6-7,9-10,13,15H,4-5,8,11H2,1H3/t13-,15+/m1/s1. The van der Waals surface area contributed by atoms with E-state index in [-0.39, 0.29) is 11.9 Å². The summed E-state index contributed by atoms with van der Waals surface area (Å²) in [7, 11) is 1.91. The average Bonchev–Trinajstić information content (AvgIpc) is 3.22. The summed E-state index contributed by atoms with van der Waals surface area (Å²) in [6.07, 6.45) is 5.49. The highest BCUT2D eigenvalue weighted by Gasteiger charge is 2.37. The van der Waals surface area contributed by atoms with Crippen LogP contribution < -0.4 is 4.74 Å². The van der Waals surface area contributed by atoms with Crippen LogP contribution in [0.2, 0.25) is 0 Å². The van der Waals surface area contributed by atoms with Gasteiger partial charge in [0.25, 0.3) is 5.91 Å². The van der Waals surface area contributed by atoms with Crippen molar-refractivity contribution < 1.29 is 9.53 Å². The van der Waals surface area contributed by atoms with Crippen molar-refractivity contribution >= 4 is 17.7 Å². The number of ether oxygens (including phenoxy) is 1. The molecule has 1 fully saturated rings. The van der Waals surface area contributed by atoms with Crippen molar-refractivity contribution in [1.29, 1.82) is 0 Å². The molecule has 120 valence electrons. The first-order chi connectivity index (χ1) is 11.2. The van der Waals surface area contributed by atoms with Crippen LogP contribution in [0.4, 0.5) is 0 Å². The number of rotatable bonds is 2. The fraction of sp³-hybridized carbons (Fsp3) is 0.412. The summed E-state index contributed by atoms with van der Waals surface area (Å²) in [4.78, 5) is 16.0. The largest absolute Gasteiger partial charge is 0.479 e. The van der Waals surface area contributed by atoms with Crippen LogP contribution in [0, 0.1) is 0 Å². The van der Waals surface area contributed by atoms with Gasteiger partial charge in [-0.05, 0) is 25.0 Å². The Hall–Kier alpha value is -1.95. The van der Waals surface area contributed by atoms with Gasteiger partial charge in [0.05, 0.1) is 12.2 Å². The maximum absolute atomic E-state index is 13.0. The van der Waals surface area contributed by atoms with Gasteiger partial charge in [0, 0.05) is 36.0 Å². The van der Waals surface area contributed by atoms with E-state index in [0.29, 0.717) is 5.75 Å². The van der Waals surface area contributed by atoms with Gasteiger partial charge in [0.15, 0.2) is 6.10 Å². The lowest BCUT2D eigenvalue weighted by Gasteiger charge is -2.31. The van der Waals surface area contributed by atoms with Gasteiger partial charge in [-0.25, -0.2) is 0 Å². The highest BCUT2D eigenvalue weighted by atomic mass is 32.2. The molecule has 0 unspecified atom stereocenters. The van der Waals surface area contributed by atoms with E-state index < -0.39 is 6.10 Å². The molecule has 0 saturated carbocycles. The predicted molar refractivity (Wildman–Crippen MR) is 88.5 cm³/mol. The van der Waals surface area contributed by atoms with Crippen LogP contribution in [0.1, 0.15) is 24.4 Å². The van der Waals surface area contributed by atoms with Crippen LogP contribution in [0.3, 0.4) is 0 Å². The summed E-state index contributed by atoms with van der Waals surface area (Å²) in [5.74, 6) is 1.59. The van der Waals surface area contributed by atoms with Crippen LogP contribution in [-0.2, 0) is 11.8 Å². The van der Waals surface area contributed by atoms with Crippen molar-refractivity contribution in [2.45, 2.75) is 29.9 Å². The van der Waals surface area contributed by atoms with Crippen molar-refractivity contribution in [3.05, 3.63) is 42.2 Å². The Kier molecular flexibility index (Phi) is 3.77. The van der Waals surface area contributed by atoms with Gasteiger partial charge in [-0.1, -0.05) is 12.1 Å². The molecule has 2 aliphatic heterocycles. The number of benzene rings is 1. The summed E-state index contributed by atoms with van der Waals surface area (Å²) in [5.41, 5.74) is 1.11. The third-order valence-corrected chi connectivity index (χ3v) is 5.55. The molecule has 5 nitrogen and oxygen atoms in total.